The van der Waals surface area contributed by atoms with Gasteiger partial charge in [0.1, 0.15) is 18.3 Å². The summed E-state index contributed by atoms with van der Waals surface area (Å²) in [4.78, 5) is 0. The van der Waals surface area contributed by atoms with E-state index in [1.165, 1.54) is 0 Å². The molecule has 92 valence electrons. The lowest BCUT2D eigenvalue weighted by Gasteiger charge is -2.35. The Balaban J connectivity index is 1.72. The van der Waals surface area contributed by atoms with Crippen molar-refractivity contribution in [2.75, 3.05) is 20.3 Å². The van der Waals surface area contributed by atoms with Crippen molar-refractivity contribution in [3.63, 3.8) is 0 Å². The largest absolute Gasteiger partial charge is 0.376 e. The number of rotatable bonds is 3. The summed E-state index contributed by atoms with van der Waals surface area (Å²) in [6.07, 6.45) is -0.215. The van der Waals surface area contributed by atoms with Gasteiger partial charge in [0.2, 0.25) is 0 Å². The summed E-state index contributed by atoms with van der Waals surface area (Å²) in [5.74, 6) is 0. The van der Waals surface area contributed by atoms with Crippen molar-refractivity contribution in [3.05, 3.63) is 35.9 Å². The summed E-state index contributed by atoms with van der Waals surface area (Å²) < 4.78 is 22.3. The Hall–Kier alpha value is -0.940. The van der Waals surface area contributed by atoms with Crippen LogP contribution in [0.5, 0.6) is 0 Å². The van der Waals surface area contributed by atoms with E-state index in [1.807, 2.05) is 30.3 Å². The maximum Gasteiger partial charge on any atom is 0.184 e. The van der Waals surface area contributed by atoms with Gasteiger partial charge in [-0.25, -0.2) is 0 Å². The zero-order valence-electron chi connectivity index (χ0n) is 9.74. The van der Waals surface area contributed by atoms with Crippen molar-refractivity contribution >= 4 is 0 Å². The number of ether oxygens (including phenoxy) is 4. The van der Waals surface area contributed by atoms with Gasteiger partial charge in [-0.2, -0.15) is 0 Å². The molecule has 17 heavy (non-hydrogen) atoms. The van der Waals surface area contributed by atoms with E-state index in [2.05, 4.69) is 0 Å². The molecule has 2 saturated heterocycles. The van der Waals surface area contributed by atoms with Crippen LogP contribution in [0.15, 0.2) is 30.3 Å². The lowest BCUT2D eigenvalue weighted by atomic mass is 10.1. The molecular weight excluding hydrogens is 220 g/mol. The van der Waals surface area contributed by atoms with Gasteiger partial charge >= 0.3 is 0 Å². The third-order valence-corrected chi connectivity index (χ3v) is 3.16. The van der Waals surface area contributed by atoms with Crippen LogP contribution >= 0.6 is 0 Å². The molecule has 0 saturated carbocycles. The zero-order valence-corrected chi connectivity index (χ0v) is 9.74. The molecule has 0 aromatic heterocycles. The van der Waals surface area contributed by atoms with E-state index in [-0.39, 0.29) is 24.6 Å². The van der Waals surface area contributed by atoms with Gasteiger partial charge in [0.25, 0.3) is 0 Å². The molecule has 2 aliphatic heterocycles. The predicted octanol–water partition coefficient (Wildman–Crippen LogP) is 1.51. The molecule has 1 aromatic rings. The molecule has 4 atom stereocenters. The first kappa shape index (κ1) is 11.2. The van der Waals surface area contributed by atoms with Crippen LogP contribution in [0, 0.1) is 0 Å². The highest BCUT2D eigenvalue weighted by molar-refractivity contribution is 5.16. The van der Waals surface area contributed by atoms with Crippen LogP contribution in [0.2, 0.25) is 0 Å². The third kappa shape index (κ3) is 2.35. The van der Waals surface area contributed by atoms with Crippen LogP contribution < -0.4 is 0 Å². The van der Waals surface area contributed by atoms with Crippen molar-refractivity contribution in [2.45, 2.75) is 24.6 Å². The first-order valence-corrected chi connectivity index (χ1v) is 5.85. The molecular formula is C13H16O4. The van der Waals surface area contributed by atoms with Crippen LogP contribution in [0.25, 0.3) is 0 Å². The van der Waals surface area contributed by atoms with Gasteiger partial charge in [0.15, 0.2) is 6.29 Å². The molecule has 4 heteroatoms. The third-order valence-electron chi connectivity index (χ3n) is 3.16. The summed E-state index contributed by atoms with van der Waals surface area (Å²) in [6.45, 7) is 1.30. The highest BCUT2D eigenvalue weighted by Gasteiger charge is 2.44. The van der Waals surface area contributed by atoms with Crippen molar-refractivity contribution in [1.29, 1.82) is 0 Å². The minimum Gasteiger partial charge on any atom is -0.376 e. The Morgan fingerprint density at radius 1 is 1.12 bits per heavy atom. The second-order valence-corrected chi connectivity index (χ2v) is 4.32. The number of benzene rings is 1. The summed E-state index contributed by atoms with van der Waals surface area (Å²) in [6, 6.07) is 9.94. The fraction of sp³-hybridized carbons (Fsp3) is 0.538. The fourth-order valence-corrected chi connectivity index (χ4v) is 2.11. The Kier molecular flexibility index (Phi) is 3.11. The van der Waals surface area contributed by atoms with Gasteiger partial charge in [-0.15, -0.1) is 0 Å². The van der Waals surface area contributed by atoms with Crippen LogP contribution in [-0.2, 0) is 18.9 Å². The Morgan fingerprint density at radius 3 is 2.53 bits per heavy atom. The normalized spacial score (nSPS) is 36.8. The van der Waals surface area contributed by atoms with Crippen LogP contribution in [-0.4, -0.2) is 38.6 Å². The summed E-state index contributed by atoms with van der Waals surface area (Å²) in [5.41, 5.74) is 1.03. The molecule has 4 nitrogen and oxygen atoms in total. The number of methoxy groups -OCH3 is 1. The molecule has 2 heterocycles. The lowest BCUT2D eigenvalue weighted by Crippen LogP contribution is -2.44. The molecule has 0 radical (unpaired) electrons. The Morgan fingerprint density at radius 2 is 1.88 bits per heavy atom. The number of hydrogen-bond acceptors (Lipinski definition) is 4. The predicted molar refractivity (Wildman–Crippen MR) is 60.5 cm³/mol. The van der Waals surface area contributed by atoms with E-state index in [4.69, 9.17) is 18.9 Å². The minimum atomic E-state index is -0.309. The molecule has 0 spiro atoms. The van der Waals surface area contributed by atoms with Gasteiger partial charge in [-0.1, -0.05) is 30.3 Å². The first-order chi connectivity index (χ1) is 8.38. The van der Waals surface area contributed by atoms with E-state index in [9.17, 15) is 0 Å². The van der Waals surface area contributed by atoms with Gasteiger partial charge in [0.05, 0.1) is 13.2 Å². The molecule has 0 aliphatic carbocycles. The topological polar surface area (TPSA) is 40.2 Å². The van der Waals surface area contributed by atoms with Crippen LogP contribution in [0.4, 0.5) is 0 Å². The number of epoxide rings is 1. The van der Waals surface area contributed by atoms with E-state index in [0.717, 1.165) is 12.2 Å². The summed E-state index contributed by atoms with van der Waals surface area (Å²) in [5, 5.41) is 0. The Labute approximate surface area is 100 Å². The van der Waals surface area contributed by atoms with Crippen LogP contribution in [0.3, 0.4) is 0 Å². The van der Waals surface area contributed by atoms with Crippen molar-refractivity contribution in [2.24, 2.45) is 0 Å². The highest BCUT2D eigenvalue weighted by atomic mass is 16.7. The quantitative estimate of drug-likeness (QED) is 0.746. The highest BCUT2D eigenvalue weighted by Crippen LogP contribution is 2.32. The van der Waals surface area contributed by atoms with E-state index >= 15 is 0 Å². The molecule has 0 N–H and O–H groups in total. The van der Waals surface area contributed by atoms with Gasteiger partial charge < -0.3 is 18.9 Å². The smallest absolute Gasteiger partial charge is 0.184 e. The average Bonchev–Trinajstić information content (AvgIpc) is 3.23. The van der Waals surface area contributed by atoms with Gasteiger partial charge in [0, 0.05) is 12.7 Å². The standard InChI is InChI=1S/C13H16O4/c1-14-10-7-16-13(9-5-3-2-4-6-9)17-12(10)11-8-15-11/h2-6,10-13H,7-8H2,1H3. The lowest BCUT2D eigenvalue weighted by molar-refractivity contribution is -0.265. The maximum absolute atomic E-state index is 5.93. The zero-order chi connectivity index (χ0) is 11.7. The molecule has 0 amide bonds. The van der Waals surface area contributed by atoms with Gasteiger partial charge in [-0.05, 0) is 0 Å². The second-order valence-electron chi connectivity index (χ2n) is 4.32. The average molecular weight is 236 g/mol. The minimum absolute atomic E-state index is 0.0287. The number of hydrogen-bond donors (Lipinski definition) is 0. The van der Waals surface area contributed by atoms with Gasteiger partial charge in [-0.3, -0.25) is 0 Å². The monoisotopic (exact) mass is 236 g/mol. The SMILES string of the molecule is COC1COC(c2ccccc2)OC1C1CO1. The molecule has 0 bridgehead atoms. The fourth-order valence-electron chi connectivity index (χ4n) is 2.11. The molecule has 3 rings (SSSR count). The summed E-state index contributed by atoms with van der Waals surface area (Å²) >= 11 is 0. The molecule has 4 unspecified atom stereocenters. The van der Waals surface area contributed by atoms with Crippen molar-refractivity contribution < 1.29 is 18.9 Å². The molecule has 2 fully saturated rings. The Bertz CT molecular complexity index is 363. The van der Waals surface area contributed by atoms with Crippen molar-refractivity contribution in [3.8, 4) is 0 Å². The summed E-state index contributed by atoms with van der Waals surface area (Å²) in [7, 11) is 1.68. The molecule has 1 aromatic carbocycles. The van der Waals surface area contributed by atoms with E-state index < -0.39 is 0 Å². The van der Waals surface area contributed by atoms with Crippen LogP contribution in [0.1, 0.15) is 11.9 Å². The molecule has 2 aliphatic rings. The van der Waals surface area contributed by atoms with E-state index in [1.54, 1.807) is 7.11 Å². The van der Waals surface area contributed by atoms with E-state index in [0.29, 0.717) is 6.61 Å². The maximum atomic E-state index is 5.93. The van der Waals surface area contributed by atoms with Crippen molar-refractivity contribution in [1.82, 2.24) is 0 Å². The second kappa shape index (κ2) is 4.74. The first-order valence-electron chi connectivity index (χ1n) is 5.85.